The number of nitrogens with zero attached hydrogens (tertiary/aromatic N) is 3. The molecular formula is C12H20N6O. The predicted octanol–water partition coefficient (Wildman–Crippen LogP) is 0.212. The van der Waals surface area contributed by atoms with Crippen molar-refractivity contribution in [1.29, 1.82) is 0 Å². The highest BCUT2D eigenvalue weighted by Gasteiger charge is 2.27. The first-order valence-corrected chi connectivity index (χ1v) is 6.47. The van der Waals surface area contributed by atoms with Gasteiger partial charge in [0.2, 0.25) is 5.91 Å². The van der Waals surface area contributed by atoms with Gasteiger partial charge in [0, 0.05) is 25.6 Å². The van der Waals surface area contributed by atoms with E-state index in [-0.39, 0.29) is 12.5 Å². The van der Waals surface area contributed by atoms with Crippen molar-refractivity contribution in [1.82, 2.24) is 15.3 Å². The molecule has 1 saturated carbocycles. The molecular weight excluding hydrogens is 244 g/mol. The van der Waals surface area contributed by atoms with Gasteiger partial charge in [0.05, 0.1) is 6.54 Å². The van der Waals surface area contributed by atoms with E-state index in [0.717, 1.165) is 18.7 Å². The summed E-state index contributed by atoms with van der Waals surface area (Å²) in [7, 11) is 1.83. The molecule has 4 N–H and O–H groups in total. The summed E-state index contributed by atoms with van der Waals surface area (Å²) in [5, 5.41) is 2.76. The maximum Gasteiger partial charge on any atom is 0.239 e. The van der Waals surface area contributed by atoms with E-state index in [2.05, 4.69) is 20.7 Å². The lowest BCUT2D eigenvalue weighted by Crippen LogP contribution is -2.35. The van der Waals surface area contributed by atoms with Gasteiger partial charge in [0.15, 0.2) is 0 Å². The second-order valence-electron chi connectivity index (χ2n) is 4.70. The zero-order valence-corrected chi connectivity index (χ0v) is 11.3. The van der Waals surface area contributed by atoms with Gasteiger partial charge in [-0.1, -0.05) is 0 Å². The van der Waals surface area contributed by atoms with Gasteiger partial charge in [0.25, 0.3) is 0 Å². The zero-order chi connectivity index (χ0) is 13.8. The number of carbonyl (C=O) groups excluding carboxylic acids is 1. The predicted molar refractivity (Wildman–Crippen MR) is 73.8 cm³/mol. The van der Waals surface area contributed by atoms with Gasteiger partial charge in [-0.2, -0.15) is 0 Å². The Balaban J connectivity index is 2.13. The van der Waals surface area contributed by atoms with Crippen LogP contribution in [0.15, 0.2) is 6.07 Å². The minimum atomic E-state index is -0.0289. The molecule has 1 aliphatic rings. The second kappa shape index (κ2) is 5.83. The molecule has 1 fully saturated rings. The topological polar surface area (TPSA) is 96.2 Å². The average Bonchev–Trinajstić information content (AvgIpc) is 3.22. The van der Waals surface area contributed by atoms with Crippen molar-refractivity contribution < 1.29 is 4.79 Å². The van der Waals surface area contributed by atoms with Gasteiger partial charge in [-0.25, -0.2) is 15.8 Å². The van der Waals surface area contributed by atoms with Crippen LogP contribution in [0.2, 0.25) is 0 Å². The van der Waals surface area contributed by atoms with Crippen LogP contribution < -0.4 is 21.5 Å². The minimum Gasteiger partial charge on any atom is -0.355 e. The van der Waals surface area contributed by atoms with Gasteiger partial charge in [-0.3, -0.25) is 4.79 Å². The number of hydrogen-bond donors (Lipinski definition) is 3. The van der Waals surface area contributed by atoms with Gasteiger partial charge >= 0.3 is 0 Å². The zero-order valence-electron chi connectivity index (χ0n) is 11.3. The second-order valence-corrected chi connectivity index (χ2v) is 4.70. The highest BCUT2D eigenvalue weighted by atomic mass is 16.2. The summed E-state index contributed by atoms with van der Waals surface area (Å²) in [6.45, 7) is 2.78. The summed E-state index contributed by atoms with van der Waals surface area (Å²) in [5.74, 6) is 7.91. The van der Waals surface area contributed by atoms with Crippen LogP contribution in [0.25, 0.3) is 0 Å². The quantitative estimate of drug-likeness (QED) is 0.502. The summed E-state index contributed by atoms with van der Waals surface area (Å²) in [6.07, 6.45) is 2.24. The Morgan fingerprint density at radius 3 is 2.84 bits per heavy atom. The lowest BCUT2D eigenvalue weighted by atomic mass is 10.3. The summed E-state index contributed by atoms with van der Waals surface area (Å²) in [4.78, 5) is 22.2. The fourth-order valence-corrected chi connectivity index (χ4v) is 1.80. The number of nitrogen functional groups attached to an aromatic ring is 1. The largest absolute Gasteiger partial charge is 0.355 e. The number of likely N-dealkylation sites (N-methyl/N-ethyl adjacent to an activating group) is 2. The monoisotopic (exact) mass is 264 g/mol. The first-order chi connectivity index (χ1) is 9.13. The fraction of sp³-hybridized carbons (Fsp3) is 0.583. The molecule has 1 aromatic heterocycles. The molecule has 0 bridgehead atoms. The number of aromatic nitrogens is 2. The molecule has 104 valence electrons. The molecule has 0 saturated heterocycles. The summed E-state index contributed by atoms with van der Waals surface area (Å²) < 4.78 is 0. The van der Waals surface area contributed by atoms with Gasteiger partial charge < -0.3 is 15.6 Å². The van der Waals surface area contributed by atoms with E-state index in [0.29, 0.717) is 24.1 Å². The van der Waals surface area contributed by atoms with Gasteiger partial charge in [-0.05, 0) is 19.8 Å². The van der Waals surface area contributed by atoms with Crippen LogP contribution in [-0.4, -0.2) is 36.0 Å². The molecule has 19 heavy (non-hydrogen) atoms. The number of hydrogen-bond acceptors (Lipinski definition) is 6. The summed E-state index contributed by atoms with van der Waals surface area (Å²) in [5.41, 5.74) is 2.55. The maximum absolute atomic E-state index is 11.6. The van der Waals surface area contributed by atoms with Crippen LogP contribution in [-0.2, 0) is 4.79 Å². The number of nitrogens with two attached hydrogens (primary N) is 1. The third-order valence-electron chi connectivity index (χ3n) is 2.97. The van der Waals surface area contributed by atoms with Crippen molar-refractivity contribution in [2.75, 3.05) is 30.5 Å². The van der Waals surface area contributed by atoms with Crippen molar-refractivity contribution in [3.05, 3.63) is 11.9 Å². The maximum atomic E-state index is 11.6. The highest BCUT2D eigenvalue weighted by molar-refractivity contribution is 5.80. The van der Waals surface area contributed by atoms with Crippen LogP contribution >= 0.6 is 0 Å². The molecule has 1 amide bonds. The molecule has 0 radical (unpaired) electrons. The molecule has 1 aliphatic carbocycles. The third kappa shape index (κ3) is 3.54. The molecule has 2 rings (SSSR count). The van der Waals surface area contributed by atoms with Crippen molar-refractivity contribution >= 4 is 17.5 Å². The molecule has 0 atom stereocenters. The molecule has 1 heterocycles. The Morgan fingerprint density at radius 2 is 2.26 bits per heavy atom. The molecule has 0 aliphatic heterocycles. The number of anilines is 2. The van der Waals surface area contributed by atoms with Crippen LogP contribution in [0, 0.1) is 0 Å². The molecule has 7 heteroatoms. The fourth-order valence-electron chi connectivity index (χ4n) is 1.80. The highest BCUT2D eigenvalue weighted by Crippen LogP contribution is 2.38. The number of amides is 1. The number of carbonyl (C=O) groups is 1. The normalized spacial score (nSPS) is 14.1. The Bertz CT molecular complexity index is 460. The van der Waals surface area contributed by atoms with Crippen molar-refractivity contribution in [2.45, 2.75) is 25.7 Å². The summed E-state index contributed by atoms with van der Waals surface area (Å²) in [6, 6.07) is 1.74. The van der Waals surface area contributed by atoms with E-state index in [1.807, 2.05) is 14.0 Å². The first-order valence-electron chi connectivity index (χ1n) is 6.47. The molecule has 7 nitrogen and oxygen atoms in total. The van der Waals surface area contributed by atoms with Crippen LogP contribution in [0.4, 0.5) is 11.6 Å². The van der Waals surface area contributed by atoms with E-state index in [1.54, 1.807) is 11.0 Å². The minimum absolute atomic E-state index is 0.0289. The van der Waals surface area contributed by atoms with Crippen LogP contribution in [0.5, 0.6) is 0 Å². The van der Waals surface area contributed by atoms with Crippen molar-refractivity contribution in [3.8, 4) is 0 Å². The molecule has 0 aromatic carbocycles. The average molecular weight is 264 g/mol. The number of hydrazine groups is 1. The molecule has 1 aromatic rings. The molecule has 0 unspecified atom stereocenters. The number of rotatable bonds is 6. The van der Waals surface area contributed by atoms with Gasteiger partial charge in [-0.15, -0.1) is 0 Å². The van der Waals surface area contributed by atoms with E-state index in [9.17, 15) is 4.79 Å². The Kier molecular flexibility index (Phi) is 4.16. The SMILES string of the molecule is CCNC(=O)CN(C)c1cc(NN)nc(C2CC2)n1. The summed E-state index contributed by atoms with van der Waals surface area (Å²) >= 11 is 0. The van der Waals surface area contributed by atoms with E-state index >= 15 is 0 Å². The third-order valence-corrected chi connectivity index (χ3v) is 2.97. The van der Waals surface area contributed by atoms with Crippen LogP contribution in [0.1, 0.15) is 31.5 Å². The van der Waals surface area contributed by atoms with E-state index in [1.165, 1.54) is 0 Å². The van der Waals surface area contributed by atoms with Crippen molar-refractivity contribution in [2.24, 2.45) is 5.84 Å². The standard InChI is InChI=1S/C12H20N6O/c1-3-14-11(19)7-18(2)10-6-9(17-13)15-12(16-10)8-4-5-8/h6,8H,3-5,7,13H2,1-2H3,(H,14,19)(H,15,16,17). The Hall–Kier alpha value is -1.89. The number of nitrogens with one attached hydrogen (secondary N) is 2. The van der Waals surface area contributed by atoms with E-state index in [4.69, 9.17) is 5.84 Å². The van der Waals surface area contributed by atoms with Gasteiger partial charge in [0.1, 0.15) is 17.5 Å². The Labute approximate surface area is 112 Å². The van der Waals surface area contributed by atoms with Crippen LogP contribution in [0.3, 0.4) is 0 Å². The van der Waals surface area contributed by atoms with Crippen molar-refractivity contribution in [3.63, 3.8) is 0 Å². The lowest BCUT2D eigenvalue weighted by molar-refractivity contribution is -0.119. The lowest BCUT2D eigenvalue weighted by Gasteiger charge is -2.18. The first kappa shape index (κ1) is 13.5. The van der Waals surface area contributed by atoms with E-state index < -0.39 is 0 Å². The smallest absolute Gasteiger partial charge is 0.239 e. The molecule has 0 spiro atoms. The Morgan fingerprint density at radius 1 is 1.53 bits per heavy atom.